The molecule has 7 heteroatoms. The molecular formula is C13H14N4O3. The third kappa shape index (κ3) is 2.21. The number of rotatable bonds is 3. The van der Waals surface area contributed by atoms with Crippen molar-refractivity contribution in [2.45, 2.75) is 25.1 Å². The summed E-state index contributed by atoms with van der Waals surface area (Å²) < 4.78 is 1.23. The SMILES string of the molecule is O=C(Cn1cnc2cccnc2c1=O)[C@H]1NCC[C@H]1O. The van der Waals surface area contributed by atoms with Gasteiger partial charge in [-0.15, -0.1) is 0 Å². The standard InChI is InChI=1S/C13H14N4O3/c18-9-3-5-15-12(9)10(19)6-17-7-16-8-2-1-4-14-11(8)13(17)20/h1-2,4,7,9,12,15,18H,3,5-6H2/t9-,12+/m1/s1. The van der Waals surface area contributed by atoms with Gasteiger partial charge >= 0.3 is 0 Å². The van der Waals surface area contributed by atoms with Crippen molar-refractivity contribution in [3.8, 4) is 0 Å². The highest BCUT2D eigenvalue weighted by Gasteiger charge is 2.31. The second kappa shape index (κ2) is 5.10. The Bertz CT molecular complexity index is 712. The number of aromatic nitrogens is 3. The lowest BCUT2D eigenvalue weighted by atomic mass is 10.1. The Balaban J connectivity index is 1.89. The zero-order valence-electron chi connectivity index (χ0n) is 10.7. The molecule has 104 valence electrons. The van der Waals surface area contributed by atoms with Crippen LogP contribution in [0.1, 0.15) is 6.42 Å². The second-order valence-electron chi connectivity index (χ2n) is 4.80. The van der Waals surface area contributed by atoms with Crippen LogP contribution in [-0.2, 0) is 11.3 Å². The molecule has 0 spiro atoms. The summed E-state index contributed by atoms with van der Waals surface area (Å²) in [5, 5.41) is 12.6. The van der Waals surface area contributed by atoms with E-state index in [4.69, 9.17) is 0 Å². The maximum Gasteiger partial charge on any atom is 0.280 e. The minimum Gasteiger partial charge on any atom is -0.391 e. The lowest BCUT2D eigenvalue weighted by Gasteiger charge is -2.14. The summed E-state index contributed by atoms with van der Waals surface area (Å²) in [5.74, 6) is -0.228. The van der Waals surface area contributed by atoms with Crippen molar-refractivity contribution >= 4 is 16.8 Å². The third-order valence-electron chi connectivity index (χ3n) is 3.45. The fourth-order valence-corrected chi connectivity index (χ4v) is 2.38. The van der Waals surface area contributed by atoms with Crippen LogP contribution in [0.15, 0.2) is 29.5 Å². The first-order chi connectivity index (χ1) is 9.66. The summed E-state index contributed by atoms with van der Waals surface area (Å²) in [6, 6.07) is 2.78. The summed E-state index contributed by atoms with van der Waals surface area (Å²) in [7, 11) is 0. The average molecular weight is 274 g/mol. The van der Waals surface area contributed by atoms with E-state index in [1.165, 1.54) is 17.1 Å². The number of aliphatic hydroxyl groups is 1. The molecule has 0 aliphatic carbocycles. The summed E-state index contributed by atoms with van der Waals surface area (Å²) in [4.78, 5) is 32.4. The van der Waals surface area contributed by atoms with E-state index in [2.05, 4.69) is 15.3 Å². The highest BCUT2D eigenvalue weighted by atomic mass is 16.3. The number of carbonyl (C=O) groups is 1. The van der Waals surface area contributed by atoms with E-state index in [1.807, 2.05) is 0 Å². The molecular weight excluding hydrogens is 260 g/mol. The fraction of sp³-hybridized carbons (Fsp3) is 0.385. The van der Waals surface area contributed by atoms with E-state index in [1.54, 1.807) is 12.1 Å². The van der Waals surface area contributed by atoms with Crippen LogP contribution < -0.4 is 10.9 Å². The first-order valence-electron chi connectivity index (χ1n) is 6.41. The van der Waals surface area contributed by atoms with Crippen molar-refractivity contribution in [2.24, 2.45) is 0 Å². The van der Waals surface area contributed by atoms with Crippen LogP contribution in [0.3, 0.4) is 0 Å². The molecule has 0 radical (unpaired) electrons. The fourth-order valence-electron chi connectivity index (χ4n) is 2.38. The van der Waals surface area contributed by atoms with Crippen molar-refractivity contribution in [3.63, 3.8) is 0 Å². The second-order valence-corrected chi connectivity index (χ2v) is 4.80. The molecule has 7 nitrogen and oxygen atoms in total. The van der Waals surface area contributed by atoms with E-state index in [0.717, 1.165) is 0 Å². The van der Waals surface area contributed by atoms with Gasteiger partial charge in [0.05, 0.1) is 30.5 Å². The highest BCUT2D eigenvalue weighted by molar-refractivity contribution is 5.85. The first kappa shape index (κ1) is 12.9. The predicted octanol–water partition coefficient (Wildman–Crippen LogP) is -0.917. The molecule has 2 aromatic rings. The summed E-state index contributed by atoms with van der Waals surface area (Å²) in [5.41, 5.74) is 0.388. The van der Waals surface area contributed by atoms with Gasteiger partial charge in [0.1, 0.15) is 0 Å². The Labute approximate surface area is 114 Å². The largest absolute Gasteiger partial charge is 0.391 e. The zero-order chi connectivity index (χ0) is 14.1. The number of nitrogens with zero attached hydrogens (tertiary/aromatic N) is 3. The molecule has 0 aromatic carbocycles. The van der Waals surface area contributed by atoms with Gasteiger partial charge in [-0.05, 0) is 25.1 Å². The van der Waals surface area contributed by atoms with Gasteiger partial charge in [-0.1, -0.05) is 0 Å². The van der Waals surface area contributed by atoms with Gasteiger partial charge in [-0.3, -0.25) is 14.2 Å². The smallest absolute Gasteiger partial charge is 0.280 e. The summed E-state index contributed by atoms with van der Waals surface area (Å²) in [6.45, 7) is 0.483. The van der Waals surface area contributed by atoms with E-state index in [9.17, 15) is 14.7 Å². The Morgan fingerprint density at radius 2 is 2.35 bits per heavy atom. The topological polar surface area (TPSA) is 97.1 Å². The summed E-state index contributed by atoms with van der Waals surface area (Å²) in [6.07, 6.45) is 2.71. The van der Waals surface area contributed by atoms with Crippen LogP contribution in [-0.4, -0.2) is 44.1 Å². The molecule has 2 aromatic heterocycles. The van der Waals surface area contributed by atoms with Crippen LogP contribution in [0, 0.1) is 0 Å². The monoisotopic (exact) mass is 274 g/mol. The molecule has 0 saturated carbocycles. The Kier molecular flexibility index (Phi) is 3.29. The molecule has 0 bridgehead atoms. The Hall–Kier alpha value is -2.12. The molecule has 2 atom stereocenters. The van der Waals surface area contributed by atoms with Gasteiger partial charge in [0, 0.05) is 6.20 Å². The molecule has 0 amide bonds. The molecule has 1 saturated heterocycles. The van der Waals surface area contributed by atoms with Crippen molar-refractivity contribution < 1.29 is 9.90 Å². The molecule has 0 unspecified atom stereocenters. The molecule has 2 N–H and O–H groups in total. The maximum atomic E-state index is 12.2. The van der Waals surface area contributed by atoms with Crippen LogP contribution in [0.2, 0.25) is 0 Å². The minimum absolute atomic E-state index is 0.118. The highest BCUT2D eigenvalue weighted by Crippen LogP contribution is 2.08. The number of aliphatic hydroxyl groups excluding tert-OH is 1. The van der Waals surface area contributed by atoms with Gasteiger partial charge in [-0.2, -0.15) is 0 Å². The van der Waals surface area contributed by atoms with Gasteiger partial charge in [-0.25, -0.2) is 9.97 Å². The molecule has 1 aliphatic rings. The van der Waals surface area contributed by atoms with Crippen LogP contribution in [0.25, 0.3) is 11.0 Å². The first-order valence-corrected chi connectivity index (χ1v) is 6.41. The predicted molar refractivity (Wildman–Crippen MR) is 71.2 cm³/mol. The van der Waals surface area contributed by atoms with Gasteiger partial charge in [0.25, 0.3) is 5.56 Å². The third-order valence-corrected chi connectivity index (χ3v) is 3.45. The van der Waals surface area contributed by atoms with Gasteiger partial charge < -0.3 is 10.4 Å². The van der Waals surface area contributed by atoms with E-state index in [-0.39, 0.29) is 23.4 Å². The molecule has 20 heavy (non-hydrogen) atoms. The van der Waals surface area contributed by atoms with E-state index >= 15 is 0 Å². The van der Waals surface area contributed by atoms with E-state index < -0.39 is 12.1 Å². The number of hydrogen-bond acceptors (Lipinski definition) is 6. The number of pyridine rings is 1. The quantitative estimate of drug-likeness (QED) is 0.751. The number of carbonyl (C=O) groups excluding carboxylic acids is 1. The van der Waals surface area contributed by atoms with Crippen molar-refractivity contribution in [1.82, 2.24) is 19.9 Å². The minimum atomic E-state index is -0.690. The zero-order valence-corrected chi connectivity index (χ0v) is 10.7. The number of Topliss-reactive ketones (excluding diaryl/α,β-unsaturated/α-hetero) is 1. The van der Waals surface area contributed by atoms with Crippen LogP contribution in [0.4, 0.5) is 0 Å². The Morgan fingerprint density at radius 3 is 3.10 bits per heavy atom. The number of nitrogens with one attached hydrogen (secondary N) is 1. The Morgan fingerprint density at radius 1 is 1.50 bits per heavy atom. The van der Waals surface area contributed by atoms with Gasteiger partial charge in [0.2, 0.25) is 0 Å². The average Bonchev–Trinajstić information content (AvgIpc) is 2.88. The molecule has 1 fully saturated rings. The van der Waals surface area contributed by atoms with Crippen LogP contribution in [0.5, 0.6) is 0 Å². The van der Waals surface area contributed by atoms with Crippen LogP contribution >= 0.6 is 0 Å². The van der Waals surface area contributed by atoms with Crippen molar-refractivity contribution in [3.05, 3.63) is 35.0 Å². The molecule has 3 rings (SSSR count). The number of hydrogen-bond donors (Lipinski definition) is 2. The molecule has 3 heterocycles. The number of fused-ring (bicyclic) bond motifs is 1. The lowest BCUT2D eigenvalue weighted by Crippen LogP contribution is -2.41. The summed E-state index contributed by atoms with van der Waals surface area (Å²) >= 11 is 0. The van der Waals surface area contributed by atoms with Crippen molar-refractivity contribution in [2.75, 3.05) is 6.54 Å². The maximum absolute atomic E-state index is 12.2. The van der Waals surface area contributed by atoms with E-state index in [0.29, 0.717) is 18.5 Å². The number of ketones is 1. The normalized spacial score (nSPS) is 22.2. The lowest BCUT2D eigenvalue weighted by molar-refractivity contribution is -0.123. The van der Waals surface area contributed by atoms with Crippen molar-refractivity contribution in [1.29, 1.82) is 0 Å². The molecule has 1 aliphatic heterocycles. The van der Waals surface area contributed by atoms with Gasteiger partial charge in [0.15, 0.2) is 11.3 Å².